The number of carbonyl (C=O) groups is 2. The van der Waals surface area contributed by atoms with Crippen LogP contribution >= 0.6 is 11.3 Å². The van der Waals surface area contributed by atoms with Gasteiger partial charge in [0.05, 0.1) is 4.88 Å². The number of nitrogens with zero attached hydrogens (tertiary/aromatic N) is 1. The molecule has 1 aromatic rings. The Labute approximate surface area is 116 Å². The molecule has 0 saturated carbocycles. The van der Waals surface area contributed by atoms with Crippen molar-refractivity contribution in [2.45, 2.75) is 26.2 Å². The number of piperidine rings is 1. The molecule has 2 amide bonds. The summed E-state index contributed by atoms with van der Waals surface area (Å²) in [6, 6.07) is 1.75. The van der Waals surface area contributed by atoms with Gasteiger partial charge in [0.15, 0.2) is 0 Å². The largest absolute Gasteiger partial charge is 0.398 e. The van der Waals surface area contributed by atoms with Crippen molar-refractivity contribution in [2.24, 2.45) is 11.7 Å². The van der Waals surface area contributed by atoms with Crippen LogP contribution in [0.1, 0.15) is 33.8 Å². The lowest BCUT2D eigenvalue weighted by Crippen LogP contribution is -2.39. The zero-order valence-electron chi connectivity index (χ0n) is 11.0. The third-order valence-corrected chi connectivity index (χ3v) is 4.61. The highest BCUT2D eigenvalue weighted by Gasteiger charge is 2.25. The molecule has 104 valence electrons. The van der Waals surface area contributed by atoms with Crippen LogP contribution in [0.25, 0.3) is 0 Å². The van der Waals surface area contributed by atoms with E-state index >= 15 is 0 Å². The highest BCUT2D eigenvalue weighted by atomic mass is 32.1. The third kappa shape index (κ3) is 3.26. The van der Waals surface area contributed by atoms with E-state index in [9.17, 15) is 9.59 Å². The average molecular weight is 281 g/mol. The number of carbonyl (C=O) groups excluding carboxylic acids is 2. The number of aryl methyl sites for hydroxylation is 1. The van der Waals surface area contributed by atoms with Crippen molar-refractivity contribution >= 4 is 28.8 Å². The summed E-state index contributed by atoms with van der Waals surface area (Å²) in [4.78, 5) is 26.7. The van der Waals surface area contributed by atoms with Gasteiger partial charge in [0.1, 0.15) is 0 Å². The Balaban J connectivity index is 1.94. The minimum Gasteiger partial charge on any atom is -0.398 e. The van der Waals surface area contributed by atoms with E-state index < -0.39 is 0 Å². The Morgan fingerprint density at radius 2 is 2.05 bits per heavy atom. The fourth-order valence-electron chi connectivity index (χ4n) is 2.38. The first kappa shape index (κ1) is 13.9. The predicted octanol–water partition coefficient (Wildman–Crippen LogP) is 1.37. The number of amides is 2. The third-order valence-electron chi connectivity index (χ3n) is 3.56. The first-order valence-electron chi connectivity index (χ1n) is 6.41. The maximum Gasteiger partial charge on any atom is 0.264 e. The minimum absolute atomic E-state index is 0.0438. The maximum absolute atomic E-state index is 12.3. The van der Waals surface area contributed by atoms with E-state index in [-0.39, 0.29) is 11.8 Å². The van der Waals surface area contributed by atoms with E-state index in [4.69, 9.17) is 11.5 Å². The summed E-state index contributed by atoms with van der Waals surface area (Å²) in [7, 11) is 0. The van der Waals surface area contributed by atoms with Crippen LogP contribution in [-0.2, 0) is 4.79 Å². The molecule has 0 atom stereocenters. The lowest BCUT2D eigenvalue weighted by molar-refractivity contribution is -0.119. The second-order valence-corrected chi connectivity index (χ2v) is 6.28. The molecule has 0 unspecified atom stereocenters. The molecular formula is C13H19N3O2S. The van der Waals surface area contributed by atoms with Gasteiger partial charge in [-0.25, -0.2) is 0 Å². The molecule has 5 nitrogen and oxygen atoms in total. The van der Waals surface area contributed by atoms with Crippen LogP contribution in [0.4, 0.5) is 5.69 Å². The van der Waals surface area contributed by atoms with Crippen LogP contribution in [0.15, 0.2) is 6.07 Å². The molecule has 0 aliphatic carbocycles. The normalized spacial score (nSPS) is 16.6. The van der Waals surface area contributed by atoms with Crippen molar-refractivity contribution in [1.29, 1.82) is 0 Å². The number of nitrogen functional groups attached to an aromatic ring is 1. The monoisotopic (exact) mass is 281 g/mol. The van der Waals surface area contributed by atoms with Gasteiger partial charge in [-0.1, -0.05) is 0 Å². The molecule has 6 heteroatoms. The first-order valence-corrected chi connectivity index (χ1v) is 7.22. The molecule has 1 fully saturated rings. The van der Waals surface area contributed by atoms with Crippen LogP contribution in [0, 0.1) is 12.8 Å². The van der Waals surface area contributed by atoms with Gasteiger partial charge >= 0.3 is 0 Å². The molecule has 2 heterocycles. The van der Waals surface area contributed by atoms with E-state index in [1.165, 1.54) is 11.3 Å². The molecule has 1 saturated heterocycles. The van der Waals surface area contributed by atoms with E-state index in [0.29, 0.717) is 36.0 Å². The molecule has 1 aromatic heterocycles. The summed E-state index contributed by atoms with van der Waals surface area (Å²) >= 11 is 1.44. The van der Waals surface area contributed by atoms with Gasteiger partial charge in [0, 0.05) is 30.1 Å². The molecule has 4 N–H and O–H groups in total. The summed E-state index contributed by atoms with van der Waals surface area (Å²) in [6.45, 7) is 3.29. The van der Waals surface area contributed by atoms with Gasteiger partial charge in [-0.15, -0.1) is 11.3 Å². The van der Waals surface area contributed by atoms with Crippen LogP contribution in [0.2, 0.25) is 0 Å². The van der Waals surface area contributed by atoms with Crippen LogP contribution < -0.4 is 11.5 Å². The second kappa shape index (κ2) is 5.61. The highest BCUT2D eigenvalue weighted by Crippen LogP contribution is 2.27. The Bertz CT molecular complexity index is 471. The second-order valence-electron chi connectivity index (χ2n) is 5.03. The van der Waals surface area contributed by atoms with Gasteiger partial charge in [-0.2, -0.15) is 0 Å². The van der Waals surface area contributed by atoms with Gasteiger partial charge in [0.25, 0.3) is 5.91 Å². The zero-order chi connectivity index (χ0) is 14.0. The molecule has 2 rings (SSSR count). The van der Waals surface area contributed by atoms with E-state index in [0.717, 1.165) is 17.7 Å². The zero-order valence-corrected chi connectivity index (χ0v) is 11.8. The number of anilines is 1. The van der Waals surface area contributed by atoms with Crippen molar-refractivity contribution in [3.63, 3.8) is 0 Å². The Morgan fingerprint density at radius 3 is 2.53 bits per heavy atom. The SMILES string of the molecule is Cc1sc(C(=O)N2CCC(CC(N)=O)CC2)cc1N. The standard InChI is InChI=1S/C13H19N3O2S/c1-8-10(14)7-11(19-8)13(18)16-4-2-9(3-5-16)6-12(15)17/h7,9H,2-6,14H2,1H3,(H2,15,17). The summed E-state index contributed by atoms with van der Waals surface area (Å²) in [5.74, 6) is 0.102. The average Bonchev–Trinajstić information content (AvgIpc) is 2.69. The lowest BCUT2D eigenvalue weighted by Gasteiger charge is -2.31. The molecule has 0 radical (unpaired) electrons. The Morgan fingerprint density at radius 1 is 1.42 bits per heavy atom. The lowest BCUT2D eigenvalue weighted by atomic mass is 9.93. The smallest absolute Gasteiger partial charge is 0.264 e. The van der Waals surface area contributed by atoms with Crippen molar-refractivity contribution < 1.29 is 9.59 Å². The van der Waals surface area contributed by atoms with Crippen molar-refractivity contribution in [2.75, 3.05) is 18.8 Å². The van der Waals surface area contributed by atoms with Crippen LogP contribution in [-0.4, -0.2) is 29.8 Å². The highest BCUT2D eigenvalue weighted by molar-refractivity contribution is 7.14. The Hall–Kier alpha value is -1.56. The number of primary amides is 1. The number of hydrogen-bond acceptors (Lipinski definition) is 4. The summed E-state index contributed by atoms with van der Waals surface area (Å²) < 4.78 is 0. The fraction of sp³-hybridized carbons (Fsp3) is 0.538. The molecular weight excluding hydrogens is 262 g/mol. The molecule has 1 aliphatic rings. The van der Waals surface area contributed by atoms with Gasteiger partial charge in [0.2, 0.25) is 5.91 Å². The molecule has 0 aromatic carbocycles. The number of nitrogens with two attached hydrogens (primary N) is 2. The minimum atomic E-state index is -0.258. The van der Waals surface area contributed by atoms with Gasteiger partial charge in [-0.3, -0.25) is 9.59 Å². The maximum atomic E-state index is 12.3. The predicted molar refractivity (Wildman–Crippen MR) is 75.9 cm³/mol. The molecule has 0 spiro atoms. The fourth-order valence-corrected chi connectivity index (χ4v) is 3.29. The number of thiophene rings is 1. The van der Waals surface area contributed by atoms with E-state index in [1.54, 1.807) is 6.07 Å². The van der Waals surface area contributed by atoms with Gasteiger partial charge in [-0.05, 0) is 31.7 Å². The summed E-state index contributed by atoms with van der Waals surface area (Å²) in [5, 5.41) is 0. The molecule has 19 heavy (non-hydrogen) atoms. The quantitative estimate of drug-likeness (QED) is 0.876. The van der Waals surface area contributed by atoms with E-state index in [1.807, 2.05) is 11.8 Å². The van der Waals surface area contributed by atoms with Gasteiger partial charge < -0.3 is 16.4 Å². The van der Waals surface area contributed by atoms with Crippen molar-refractivity contribution in [1.82, 2.24) is 4.90 Å². The number of likely N-dealkylation sites (tertiary alicyclic amines) is 1. The number of rotatable bonds is 3. The Kier molecular flexibility index (Phi) is 4.09. The summed E-state index contributed by atoms with van der Waals surface area (Å²) in [6.07, 6.45) is 2.11. The van der Waals surface area contributed by atoms with E-state index in [2.05, 4.69) is 0 Å². The van der Waals surface area contributed by atoms with Crippen molar-refractivity contribution in [3.05, 3.63) is 15.8 Å². The summed E-state index contributed by atoms with van der Waals surface area (Å²) in [5.41, 5.74) is 11.6. The molecule has 0 bridgehead atoms. The number of hydrogen-bond donors (Lipinski definition) is 2. The van der Waals surface area contributed by atoms with Crippen LogP contribution in [0.3, 0.4) is 0 Å². The van der Waals surface area contributed by atoms with Crippen molar-refractivity contribution in [3.8, 4) is 0 Å². The molecule has 1 aliphatic heterocycles. The topological polar surface area (TPSA) is 89.4 Å². The van der Waals surface area contributed by atoms with Crippen LogP contribution in [0.5, 0.6) is 0 Å². The first-order chi connectivity index (χ1) is 8.97.